The van der Waals surface area contributed by atoms with Gasteiger partial charge in [-0.15, -0.1) is 0 Å². The van der Waals surface area contributed by atoms with Crippen molar-refractivity contribution in [3.8, 4) is 5.75 Å². The zero-order valence-corrected chi connectivity index (χ0v) is 17.5. The maximum atomic E-state index is 12.1. The number of benzene rings is 2. The van der Waals surface area contributed by atoms with Crippen molar-refractivity contribution in [2.75, 3.05) is 40.3 Å². The maximum absolute atomic E-state index is 12.1. The third kappa shape index (κ3) is 6.26. The summed E-state index contributed by atoms with van der Waals surface area (Å²) in [6.07, 6.45) is 2.06. The highest BCUT2D eigenvalue weighted by molar-refractivity contribution is 7.97. The molecule has 2 aromatic rings. The molecule has 28 heavy (non-hydrogen) atoms. The molecule has 0 unspecified atom stereocenters. The fourth-order valence-electron chi connectivity index (χ4n) is 3.31. The number of carbonyl (C=O) groups is 1. The summed E-state index contributed by atoms with van der Waals surface area (Å²) in [4.78, 5) is 15.6. The van der Waals surface area contributed by atoms with Crippen molar-refractivity contribution in [3.05, 3.63) is 59.7 Å². The number of ether oxygens (including phenoxy) is 1. The fourth-order valence-corrected chi connectivity index (χ4v) is 4.06. The van der Waals surface area contributed by atoms with Crippen LogP contribution in [0.2, 0.25) is 0 Å². The summed E-state index contributed by atoms with van der Waals surface area (Å²) < 4.78 is 7.72. The van der Waals surface area contributed by atoms with E-state index in [-0.39, 0.29) is 12.5 Å². The molecule has 0 spiro atoms. The predicted octanol–water partition coefficient (Wildman–Crippen LogP) is 3.20. The summed E-state index contributed by atoms with van der Waals surface area (Å²) in [6, 6.07) is 16.4. The van der Waals surface area contributed by atoms with E-state index in [4.69, 9.17) is 4.74 Å². The van der Waals surface area contributed by atoms with Crippen LogP contribution in [0.5, 0.6) is 5.75 Å². The molecule has 0 fully saturated rings. The highest BCUT2D eigenvalue weighted by atomic mass is 32.2. The Labute approximate surface area is 172 Å². The second kappa shape index (κ2) is 10.5. The van der Waals surface area contributed by atoms with Gasteiger partial charge >= 0.3 is 0 Å². The van der Waals surface area contributed by atoms with Crippen LogP contribution in [0, 0.1) is 0 Å². The number of amides is 1. The fraction of sp³-hybridized carbons (Fsp3) is 0.409. The Hall–Kier alpha value is -2.02. The van der Waals surface area contributed by atoms with Crippen molar-refractivity contribution in [2.24, 2.45) is 0 Å². The van der Waals surface area contributed by atoms with E-state index in [1.165, 1.54) is 11.1 Å². The molecule has 3 rings (SSSR count). The molecule has 0 atom stereocenters. The molecule has 1 aliphatic heterocycles. The predicted molar refractivity (Wildman–Crippen MR) is 115 cm³/mol. The lowest BCUT2D eigenvalue weighted by Gasteiger charge is -2.28. The summed E-state index contributed by atoms with van der Waals surface area (Å²) in [7, 11) is 3.96. The third-order valence-corrected chi connectivity index (χ3v) is 5.57. The Balaban J connectivity index is 1.34. The molecule has 0 bridgehead atoms. The van der Waals surface area contributed by atoms with E-state index in [1.807, 2.05) is 42.7 Å². The smallest absolute Gasteiger partial charge is 0.257 e. The van der Waals surface area contributed by atoms with Gasteiger partial charge in [-0.2, -0.15) is 0 Å². The highest BCUT2D eigenvalue weighted by Gasteiger charge is 2.15. The van der Waals surface area contributed by atoms with Crippen LogP contribution in [0.3, 0.4) is 0 Å². The van der Waals surface area contributed by atoms with Crippen LogP contribution in [0.4, 0.5) is 0 Å². The van der Waals surface area contributed by atoms with Crippen LogP contribution >= 0.6 is 11.9 Å². The molecule has 2 aromatic carbocycles. The molecule has 0 saturated heterocycles. The van der Waals surface area contributed by atoms with Gasteiger partial charge in [0, 0.05) is 26.2 Å². The zero-order valence-electron chi connectivity index (χ0n) is 16.7. The SMILES string of the molecule is CN(C)Sc1ccccc1OCC(=O)NCCCN1CCc2ccccc2C1. The van der Waals surface area contributed by atoms with Gasteiger partial charge in [0.2, 0.25) is 0 Å². The summed E-state index contributed by atoms with van der Waals surface area (Å²) in [5.74, 6) is 0.664. The second-order valence-electron chi connectivity index (χ2n) is 7.14. The standard InChI is InChI=1S/C22H29N3O2S/c1-24(2)28-21-11-6-5-10-20(21)27-17-22(26)23-13-7-14-25-15-12-18-8-3-4-9-19(18)16-25/h3-6,8-11H,7,12-17H2,1-2H3,(H,23,26). The molecule has 0 radical (unpaired) electrons. The average Bonchev–Trinajstić information content (AvgIpc) is 2.70. The monoisotopic (exact) mass is 399 g/mol. The number of nitrogens with one attached hydrogen (secondary N) is 1. The molecule has 1 amide bonds. The molecule has 0 aliphatic carbocycles. The average molecular weight is 400 g/mol. The molecule has 1 heterocycles. The minimum absolute atomic E-state index is 0.0437. The van der Waals surface area contributed by atoms with Gasteiger partial charge < -0.3 is 10.1 Å². The highest BCUT2D eigenvalue weighted by Crippen LogP contribution is 2.29. The van der Waals surface area contributed by atoms with Crippen LogP contribution in [-0.4, -0.2) is 55.4 Å². The van der Waals surface area contributed by atoms with Crippen molar-refractivity contribution >= 4 is 17.9 Å². The van der Waals surface area contributed by atoms with Crippen molar-refractivity contribution < 1.29 is 9.53 Å². The first-order valence-electron chi connectivity index (χ1n) is 9.75. The number of hydrogen-bond acceptors (Lipinski definition) is 5. The minimum Gasteiger partial charge on any atom is -0.483 e. The molecule has 5 nitrogen and oxygen atoms in total. The molecular weight excluding hydrogens is 370 g/mol. The maximum Gasteiger partial charge on any atom is 0.257 e. The normalized spacial score (nSPS) is 14.0. The van der Waals surface area contributed by atoms with Crippen molar-refractivity contribution in [3.63, 3.8) is 0 Å². The van der Waals surface area contributed by atoms with E-state index in [2.05, 4.69) is 34.5 Å². The van der Waals surface area contributed by atoms with Crippen LogP contribution < -0.4 is 10.1 Å². The van der Waals surface area contributed by atoms with Gasteiger partial charge in [0.15, 0.2) is 6.61 Å². The summed E-state index contributed by atoms with van der Waals surface area (Å²) in [6.45, 7) is 3.82. The lowest BCUT2D eigenvalue weighted by molar-refractivity contribution is -0.123. The molecule has 0 aromatic heterocycles. The van der Waals surface area contributed by atoms with Crippen LogP contribution in [0.1, 0.15) is 17.5 Å². The lowest BCUT2D eigenvalue weighted by Crippen LogP contribution is -2.35. The Kier molecular flexibility index (Phi) is 7.77. The van der Waals surface area contributed by atoms with Gasteiger partial charge in [-0.25, -0.2) is 0 Å². The van der Waals surface area contributed by atoms with E-state index < -0.39 is 0 Å². The number of para-hydroxylation sites is 1. The van der Waals surface area contributed by atoms with Gasteiger partial charge in [0.25, 0.3) is 5.91 Å². The molecule has 6 heteroatoms. The molecule has 1 N–H and O–H groups in total. The van der Waals surface area contributed by atoms with Gasteiger partial charge in [-0.05, 0) is 62.1 Å². The van der Waals surface area contributed by atoms with E-state index >= 15 is 0 Å². The van der Waals surface area contributed by atoms with E-state index in [9.17, 15) is 4.79 Å². The second-order valence-corrected chi connectivity index (χ2v) is 8.49. The Bertz CT molecular complexity index is 782. The van der Waals surface area contributed by atoms with Crippen LogP contribution in [-0.2, 0) is 17.8 Å². The first kappa shape index (κ1) is 20.7. The third-order valence-electron chi connectivity index (χ3n) is 4.67. The number of carbonyl (C=O) groups excluding carboxylic acids is 1. The number of hydrogen-bond donors (Lipinski definition) is 1. The van der Waals surface area contributed by atoms with Crippen LogP contribution in [0.25, 0.3) is 0 Å². The van der Waals surface area contributed by atoms with Gasteiger partial charge in [0.1, 0.15) is 5.75 Å². The topological polar surface area (TPSA) is 44.8 Å². The quantitative estimate of drug-likeness (QED) is 0.518. The van der Waals surface area contributed by atoms with Crippen LogP contribution in [0.15, 0.2) is 53.4 Å². The van der Waals surface area contributed by atoms with E-state index in [1.54, 1.807) is 11.9 Å². The number of rotatable bonds is 9. The molecule has 1 aliphatic rings. The molecular formula is C22H29N3O2S. The number of nitrogens with zero attached hydrogens (tertiary/aromatic N) is 2. The van der Waals surface area contributed by atoms with Crippen molar-refractivity contribution in [1.82, 2.24) is 14.5 Å². The summed E-state index contributed by atoms with van der Waals surface area (Å²) in [5, 5.41) is 2.96. The molecule has 0 saturated carbocycles. The largest absolute Gasteiger partial charge is 0.483 e. The Morgan fingerprint density at radius 3 is 2.71 bits per heavy atom. The first-order valence-corrected chi connectivity index (χ1v) is 10.5. The minimum atomic E-state index is -0.0753. The molecule has 150 valence electrons. The van der Waals surface area contributed by atoms with Gasteiger partial charge in [-0.1, -0.05) is 36.4 Å². The summed E-state index contributed by atoms with van der Waals surface area (Å²) >= 11 is 1.58. The number of fused-ring (bicyclic) bond motifs is 1. The van der Waals surface area contributed by atoms with Gasteiger partial charge in [-0.3, -0.25) is 14.0 Å². The van der Waals surface area contributed by atoms with Gasteiger partial charge in [0.05, 0.1) is 4.90 Å². The van der Waals surface area contributed by atoms with E-state index in [0.29, 0.717) is 6.54 Å². The summed E-state index contributed by atoms with van der Waals surface area (Å²) in [5.41, 5.74) is 2.90. The first-order chi connectivity index (χ1) is 13.6. The Morgan fingerprint density at radius 1 is 1.14 bits per heavy atom. The Morgan fingerprint density at radius 2 is 1.89 bits per heavy atom. The zero-order chi connectivity index (χ0) is 19.8. The van der Waals surface area contributed by atoms with E-state index in [0.717, 1.165) is 43.1 Å². The lowest BCUT2D eigenvalue weighted by atomic mass is 10.00. The van der Waals surface area contributed by atoms with Crippen molar-refractivity contribution in [1.29, 1.82) is 0 Å². The van der Waals surface area contributed by atoms with Crippen molar-refractivity contribution in [2.45, 2.75) is 24.3 Å².